The molecule has 180 valence electrons. The number of hydrogen-bond acceptors (Lipinski definition) is 7. The lowest BCUT2D eigenvalue weighted by Gasteiger charge is -2.53. The van der Waals surface area contributed by atoms with Crippen LogP contribution in [0.3, 0.4) is 0 Å². The fourth-order valence-electron chi connectivity index (χ4n) is 5.68. The van der Waals surface area contributed by atoms with Crippen molar-refractivity contribution in [1.82, 2.24) is 15.2 Å². The van der Waals surface area contributed by atoms with Crippen LogP contribution in [0.15, 0.2) is 0 Å². The number of carbonyl (C=O) groups is 2. The fourth-order valence-corrected chi connectivity index (χ4v) is 6.96. The van der Waals surface area contributed by atoms with Gasteiger partial charge in [0.25, 0.3) is 0 Å². The first kappa shape index (κ1) is 25.1. The molecule has 1 aromatic rings. The highest BCUT2D eigenvalue weighted by atomic mass is 32.1. The normalized spacial score (nSPS) is 30.4. The molecule has 1 saturated carbocycles. The molecule has 2 amide bonds. The lowest BCUT2D eigenvalue weighted by atomic mass is 9.53. The van der Waals surface area contributed by atoms with Crippen molar-refractivity contribution >= 4 is 28.3 Å². The number of methoxy groups -OCH3 is 1. The highest BCUT2D eigenvalue weighted by molar-refractivity contribution is 7.15. The Morgan fingerprint density at radius 3 is 2.78 bits per heavy atom. The van der Waals surface area contributed by atoms with Gasteiger partial charge in [0.1, 0.15) is 0 Å². The van der Waals surface area contributed by atoms with Crippen LogP contribution in [0.5, 0.6) is 0 Å². The van der Waals surface area contributed by atoms with Gasteiger partial charge in [-0.3, -0.25) is 9.59 Å². The second-order valence-corrected chi connectivity index (χ2v) is 11.1. The number of rotatable bonds is 8. The third-order valence-corrected chi connectivity index (χ3v) is 8.28. The van der Waals surface area contributed by atoms with E-state index in [1.807, 2.05) is 25.9 Å². The smallest absolute Gasteiger partial charge is 0.240 e. The van der Waals surface area contributed by atoms with Gasteiger partial charge in [-0.25, -0.2) is 4.98 Å². The molecule has 3 rings (SSSR count). The SMILES string of the molecule is COCCNC(=O)[C@@H](C)C1CC[C@@]2(C)Cc3sc(NC(=O)CN(C)C)nc3[C@@H](C)[C@@H]2[C@H]1O. The predicted molar refractivity (Wildman–Crippen MR) is 126 cm³/mol. The highest BCUT2D eigenvalue weighted by Gasteiger charge is 2.53. The standard InChI is InChI=1S/C23H38N4O4S/c1-13(21(30)24-9-10-31-6)15-7-8-23(3)11-16-19(14(2)18(23)20(15)29)26-22(32-16)25-17(28)12-27(4)5/h13-15,18,20,29H,7-12H2,1-6H3,(H,24,30)(H,25,26,28)/t13-,14-,15?,18+,20-,23-/m0/s1. The molecule has 1 unspecified atom stereocenters. The van der Waals surface area contributed by atoms with E-state index in [0.717, 1.165) is 25.0 Å². The van der Waals surface area contributed by atoms with E-state index in [9.17, 15) is 14.7 Å². The molecular formula is C23H38N4O4S. The average Bonchev–Trinajstić information content (AvgIpc) is 3.08. The van der Waals surface area contributed by atoms with Crippen LogP contribution >= 0.6 is 11.3 Å². The molecule has 0 saturated heterocycles. The van der Waals surface area contributed by atoms with Crippen molar-refractivity contribution in [1.29, 1.82) is 0 Å². The number of aromatic nitrogens is 1. The first-order valence-corrected chi connectivity index (χ1v) is 12.3. The molecule has 6 atom stereocenters. The van der Waals surface area contributed by atoms with Crippen LogP contribution < -0.4 is 10.6 Å². The summed E-state index contributed by atoms with van der Waals surface area (Å²) in [5.74, 6) is -0.380. The van der Waals surface area contributed by atoms with Gasteiger partial charge in [-0.1, -0.05) is 20.8 Å². The number of ether oxygens (including phenoxy) is 1. The number of carbonyl (C=O) groups excluding carboxylic acids is 2. The van der Waals surface area contributed by atoms with Gasteiger partial charge in [-0.2, -0.15) is 0 Å². The number of nitrogens with zero attached hydrogens (tertiary/aromatic N) is 2. The van der Waals surface area contributed by atoms with Gasteiger partial charge in [0.05, 0.1) is 24.9 Å². The van der Waals surface area contributed by atoms with E-state index < -0.39 is 6.10 Å². The summed E-state index contributed by atoms with van der Waals surface area (Å²) >= 11 is 1.55. The van der Waals surface area contributed by atoms with Crippen molar-refractivity contribution in [3.8, 4) is 0 Å². The Kier molecular flexibility index (Phi) is 7.96. The summed E-state index contributed by atoms with van der Waals surface area (Å²) in [4.78, 5) is 32.6. The summed E-state index contributed by atoms with van der Waals surface area (Å²) in [5, 5.41) is 17.9. The van der Waals surface area contributed by atoms with Gasteiger partial charge in [0.2, 0.25) is 11.8 Å². The maximum Gasteiger partial charge on any atom is 0.240 e. The van der Waals surface area contributed by atoms with Crippen molar-refractivity contribution < 1.29 is 19.4 Å². The summed E-state index contributed by atoms with van der Waals surface area (Å²) in [7, 11) is 5.32. The lowest BCUT2D eigenvalue weighted by Crippen LogP contribution is -2.53. The fraction of sp³-hybridized carbons (Fsp3) is 0.783. The van der Waals surface area contributed by atoms with Gasteiger partial charge in [-0.15, -0.1) is 11.3 Å². The molecule has 0 radical (unpaired) electrons. The number of likely N-dealkylation sites (N-methyl/N-ethyl adjacent to an activating group) is 1. The lowest BCUT2D eigenvalue weighted by molar-refractivity contribution is -0.135. The van der Waals surface area contributed by atoms with Crippen LogP contribution in [0, 0.1) is 23.2 Å². The second kappa shape index (κ2) is 10.2. The average molecular weight is 467 g/mol. The number of aliphatic hydroxyl groups excluding tert-OH is 1. The molecule has 32 heavy (non-hydrogen) atoms. The molecule has 0 aromatic carbocycles. The molecule has 1 heterocycles. The molecule has 8 nitrogen and oxygen atoms in total. The second-order valence-electron chi connectivity index (χ2n) is 10.0. The first-order valence-electron chi connectivity index (χ1n) is 11.5. The Hall–Kier alpha value is -1.55. The third kappa shape index (κ3) is 5.16. The number of thiazole rings is 1. The molecule has 1 fully saturated rings. The minimum absolute atomic E-state index is 0.0235. The first-order chi connectivity index (χ1) is 15.1. The number of nitrogens with one attached hydrogen (secondary N) is 2. The van der Waals surface area contributed by atoms with Gasteiger partial charge < -0.3 is 25.4 Å². The molecule has 0 bridgehead atoms. The van der Waals surface area contributed by atoms with Crippen LogP contribution in [0.4, 0.5) is 5.13 Å². The number of amides is 2. The molecular weight excluding hydrogens is 428 g/mol. The Morgan fingerprint density at radius 2 is 2.12 bits per heavy atom. The van der Waals surface area contributed by atoms with E-state index in [2.05, 4.69) is 24.5 Å². The van der Waals surface area contributed by atoms with Gasteiger partial charge >= 0.3 is 0 Å². The Labute approximate surface area is 195 Å². The van der Waals surface area contributed by atoms with Crippen molar-refractivity contribution in [3.05, 3.63) is 10.6 Å². The highest BCUT2D eigenvalue weighted by Crippen LogP contribution is 2.57. The quantitative estimate of drug-likeness (QED) is 0.507. The zero-order chi connectivity index (χ0) is 23.6. The van der Waals surface area contributed by atoms with E-state index in [-0.39, 0.29) is 40.9 Å². The summed E-state index contributed by atoms with van der Waals surface area (Å²) < 4.78 is 5.02. The number of fused-ring (bicyclic) bond motifs is 2. The topological polar surface area (TPSA) is 104 Å². The summed E-state index contributed by atoms with van der Waals surface area (Å²) in [5.41, 5.74) is 0.931. The van der Waals surface area contributed by atoms with Gasteiger partial charge in [0.15, 0.2) is 5.13 Å². The summed E-state index contributed by atoms with van der Waals surface area (Å²) in [6.07, 6.45) is 2.05. The van der Waals surface area contributed by atoms with Crippen LogP contribution in [-0.4, -0.2) is 73.8 Å². The van der Waals surface area contributed by atoms with Crippen molar-refractivity contribution in [2.24, 2.45) is 23.2 Å². The van der Waals surface area contributed by atoms with E-state index in [4.69, 9.17) is 9.72 Å². The van der Waals surface area contributed by atoms with Crippen molar-refractivity contribution in [2.75, 3.05) is 46.2 Å². The van der Waals surface area contributed by atoms with E-state index in [0.29, 0.717) is 24.8 Å². The maximum atomic E-state index is 12.6. The summed E-state index contributed by atoms with van der Waals surface area (Å²) in [6, 6.07) is 0. The Balaban J connectivity index is 1.76. The van der Waals surface area contributed by atoms with E-state index in [1.165, 1.54) is 4.88 Å². The van der Waals surface area contributed by atoms with Crippen LogP contribution in [-0.2, 0) is 20.7 Å². The largest absolute Gasteiger partial charge is 0.392 e. The molecule has 0 aliphatic heterocycles. The van der Waals surface area contributed by atoms with Crippen LogP contribution in [0.2, 0.25) is 0 Å². The van der Waals surface area contributed by atoms with E-state index in [1.54, 1.807) is 18.4 Å². The van der Waals surface area contributed by atoms with Crippen molar-refractivity contribution in [2.45, 2.75) is 52.1 Å². The predicted octanol–water partition coefficient (Wildman–Crippen LogP) is 2.09. The zero-order valence-electron chi connectivity index (χ0n) is 20.1. The monoisotopic (exact) mass is 466 g/mol. The van der Waals surface area contributed by atoms with E-state index >= 15 is 0 Å². The minimum atomic E-state index is -0.575. The Bertz CT molecular complexity index is 829. The van der Waals surface area contributed by atoms with Gasteiger partial charge in [0, 0.05) is 30.4 Å². The molecule has 2 aliphatic carbocycles. The molecule has 0 spiro atoms. The maximum absolute atomic E-state index is 12.6. The van der Waals surface area contributed by atoms with Crippen molar-refractivity contribution in [3.63, 3.8) is 0 Å². The summed E-state index contributed by atoms with van der Waals surface area (Å²) in [6.45, 7) is 7.56. The Morgan fingerprint density at radius 1 is 1.41 bits per heavy atom. The number of anilines is 1. The molecule has 3 N–H and O–H groups in total. The number of aliphatic hydroxyl groups is 1. The van der Waals surface area contributed by atoms with Crippen LogP contribution in [0.1, 0.15) is 50.1 Å². The molecule has 9 heteroatoms. The zero-order valence-corrected chi connectivity index (χ0v) is 20.9. The minimum Gasteiger partial charge on any atom is -0.392 e. The third-order valence-electron chi connectivity index (χ3n) is 7.29. The molecule has 2 aliphatic rings. The number of hydrogen-bond donors (Lipinski definition) is 3. The molecule has 1 aromatic heterocycles. The van der Waals surface area contributed by atoms with Crippen LogP contribution in [0.25, 0.3) is 0 Å². The van der Waals surface area contributed by atoms with Gasteiger partial charge in [-0.05, 0) is 50.6 Å².